The number of ether oxygens (including phenoxy) is 1. The van der Waals surface area contributed by atoms with Crippen LogP contribution in [0.4, 0.5) is 5.69 Å². The van der Waals surface area contributed by atoms with E-state index in [0.717, 1.165) is 31.8 Å². The Morgan fingerprint density at radius 2 is 1.63 bits per heavy atom. The van der Waals surface area contributed by atoms with Gasteiger partial charge in [0.15, 0.2) is 0 Å². The molecule has 0 radical (unpaired) electrons. The van der Waals surface area contributed by atoms with Crippen LogP contribution in [0.2, 0.25) is 0 Å². The Morgan fingerprint density at radius 3 is 2.27 bits per heavy atom. The highest BCUT2D eigenvalue weighted by Gasteiger charge is 2.56. The zero-order valence-electron chi connectivity index (χ0n) is 23.0. The van der Waals surface area contributed by atoms with E-state index in [2.05, 4.69) is 48.8 Å². The first-order chi connectivity index (χ1) is 19.5. The van der Waals surface area contributed by atoms with Crippen LogP contribution in [-0.4, -0.2) is 58.7 Å². The normalized spacial score (nSPS) is 22.6. The summed E-state index contributed by atoms with van der Waals surface area (Å²) in [5, 5.41) is -0.115. The van der Waals surface area contributed by atoms with Gasteiger partial charge in [-0.25, -0.2) is 4.90 Å². The Balaban J connectivity index is 1.44. The van der Waals surface area contributed by atoms with Crippen molar-refractivity contribution in [1.29, 1.82) is 0 Å². The third-order valence-electron chi connectivity index (χ3n) is 7.93. The fourth-order valence-electron chi connectivity index (χ4n) is 5.70. The molecule has 41 heavy (non-hydrogen) atoms. The van der Waals surface area contributed by atoms with E-state index in [4.69, 9.17) is 4.74 Å². The minimum atomic E-state index is -0.718. The fraction of sp³-hybridized carbons (Fsp3) is 0.400. The van der Waals surface area contributed by atoms with Crippen LogP contribution < -0.4 is 9.77 Å². The molecule has 11 heteroatoms. The third-order valence-corrected chi connectivity index (χ3v) is 11.1. The molecule has 214 valence electrons. The summed E-state index contributed by atoms with van der Waals surface area (Å²) in [5.74, 6) is -1.90. The number of halogens is 1. The van der Waals surface area contributed by atoms with Gasteiger partial charge in [-0.3, -0.25) is 23.7 Å². The SMILES string of the molecule is CC(C)(C)c1ccc([C@@H]2c3sc(=O)n(CC(=O)N4CCOCC4)c3S[C@H]3C(=O)N(c4ccc(Br)cc4)C(=O)[C@@H]23)cc1. The zero-order valence-corrected chi connectivity index (χ0v) is 26.2. The molecule has 3 amide bonds. The van der Waals surface area contributed by atoms with Crippen molar-refractivity contribution in [2.45, 2.75) is 48.9 Å². The molecule has 3 aliphatic heterocycles. The lowest BCUT2D eigenvalue weighted by molar-refractivity contribution is -0.136. The van der Waals surface area contributed by atoms with Gasteiger partial charge in [-0.1, -0.05) is 84.1 Å². The number of rotatable bonds is 4. The topological polar surface area (TPSA) is 88.9 Å². The largest absolute Gasteiger partial charge is 0.378 e. The molecular formula is C30H30BrN3O5S2. The first-order valence-corrected chi connectivity index (χ1v) is 16.0. The van der Waals surface area contributed by atoms with E-state index in [1.807, 2.05) is 12.1 Å². The molecule has 2 fully saturated rings. The molecule has 0 spiro atoms. The highest BCUT2D eigenvalue weighted by Crippen LogP contribution is 2.54. The zero-order chi connectivity index (χ0) is 29.1. The van der Waals surface area contributed by atoms with E-state index in [1.165, 1.54) is 21.2 Å². The number of anilines is 1. The van der Waals surface area contributed by atoms with Gasteiger partial charge >= 0.3 is 4.87 Å². The maximum absolute atomic E-state index is 14.1. The molecular weight excluding hydrogens is 626 g/mol. The van der Waals surface area contributed by atoms with Gasteiger partial charge in [0.2, 0.25) is 17.7 Å². The highest BCUT2D eigenvalue weighted by atomic mass is 79.9. The van der Waals surface area contributed by atoms with Crippen LogP contribution in [0.1, 0.15) is 42.7 Å². The number of hydrogen-bond acceptors (Lipinski definition) is 7. The van der Waals surface area contributed by atoms with Crippen LogP contribution in [0.25, 0.3) is 0 Å². The van der Waals surface area contributed by atoms with Crippen molar-refractivity contribution in [3.05, 3.63) is 78.7 Å². The number of imide groups is 1. The molecule has 0 unspecified atom stereocenters. The number of amides is 3. The molecule has 2 saturated heterocycles. The van der Waals surface area contributed by atoms with Crippen molar-refractivity contribution >= 4 is 62.4 Å². The van der Waals surface area contributed by atoms with Crippen molar-refractivity contribution in [3.63, 3.8) is 0 Å². The van der Waals surface area contributed by atoms with Crippen molar-refractivity contribution < 1.29 is 19.1 Å². The van der Waals surface area contributed by atoms with Crippen molar-refractivity contribution in [2.75, 3.05) is 31.2 Å². The molecule has 3 atom stereocenters. The Hall–Kier alpha value is -2.73. The van der Waals surface area contributed by atoms with Gasteiger partial charge in [-0.05, 0) is 40.8 Å². The lowest BCUT2D eigenvalue weighted by atomic mass is 9.81. The van der Waals surface area contributed by atoms with Crippen molar-refractivity contribution in [2.24, 2.45) is 5.92 Å². The summed E-state index contributed by atoms with van der Waals surface area (Å²) in [7, 11) is 0. The average Bonchev–Trinajstić information content (AvgIpc) is 3.40. The number of aromatic nitrogens is 1. The number of thiazole rings is 1. The summed E-state index contributed by atoms with van der Waals surface area (Å²) in [5.41, 5.74) is 2.49. The molecule has 2 aromatic carbocycles. The minimum Gasteiger partial charge on any atom is -0.378 e. The number of carbonyl (C=O) groups excluding carboxylic acids is 3. The van der Waals surface area contributed by atoms with Crippen LogP contribution in [0.15, 0.2) is 62.8 Å². The van der Waals surface area contributed by atoms with E-state index >= 15 is 0 Å². The summed E-state index contributed by atoms with van der Waals surface area (Å²) in [4.78, 5) is 58.0. The summed E-state index contributed by atoms with van der Waals surface area (Å²) in [6.07, 6.45) is 0. The predicted molar refractivity (Wildman–Crippen MR) is 163 cm³/mol. The van der Waals surface area contributed by atoms with Gasteiger partial charge in [0, 0.05) is 28.4 Å². The number of morpholine rings is 1. The van der Waals surface area contributed by atoms with E-state index in [-0.39, 0.29) is 34.6 Å². The second-order valence-corrected chi connectivity index (χ2v) is 14.6. The van der Waals surface area contributed by atoms with Crippen LogP contribution >= 0.6 is 39.0 Å². The average molecular weight is 657 g/mol. The van der Waals surface area contributed by atoms with Gasteiger partial charge in [-0.2, -0.15) is 0 Å². The molecule has 3 aliphatic rings. The van der Waals surface area contributed by atoms with E-state index in [0.29, 0.717) is 37.0 Å². The van der Waals surface area contributed by atoms with Crippen LogP contribution in [0, 0.1) is 5.92 Å². The van der Waals surface area contributed by atoms with Gasteiger partial charge in [-0.15, -0.1) is 0 Å². The van der Waals surface area contributed by atoms with Crippen LogP contribution in [0.5, 0.6) is 0 Å². The Kier molecular flexibility index (Phi) is 7.50. The molecule has 1 aromatic heterocycles. The molecule has 0 saturated carbocycles. The third kappa shape index (κ3) is 5.11. The van der Waals surface area contributed by atoms with E-state index in [9.17, 15) is 19.2 Å². The molecule has 3 aromatic rings. The second-order valence-electron chi connectivity index (χ2n) is 11.5. The molecule has 6 rings (SSSR count). The quantitative estimate of drug-likeness (QED) is 0.381. The standard InChI is InChI=1S/C30H30BrN3O5S2/c1-30(2,3)18-6-4-17(5-7-18)22-23-24(27(37)34(26(23)36)20-10-8-19(31)9-11-20)40-28-25(22)41-29(38)33(28)16-21(35)32-12-14-39-15-13-32/h4-11,22-24H,12-16H2,1-3H3/t22-,23-,24+/m0/s1. The summed E-state index contributed by atoms with van der Waals surface area (Å²) in [6, 6.07) is 15.2. The monoisotopic (exact) mass is 655 g/mol. The molecule has 0 N–H and O–H groups in total. The maximum atomic E-state index is 14.1. The first-order valence-electron chi connectivity index (χ1n) is 13.5. The van der Waals surface area contributed by atoms with Crippen molar-refractivity contribution in [1.82, 2.24) is 9.47 Å². The molecule has 0 bridgehead atoms. The number of hydrogen-bond donors (Lipinski definition) is 0. The molecule has 0 aliphatic carbocycles. The van der Waals surface area contributed by atoms with Gasteiger partial charge in [0.05, 0.1) is 29.8 Å². The Morgan fingerprint density at radius 1 is 0.976 bits per heavy atom. The number of thioether (sulfide) groups is 1. The van der Waals surface area contributed by atoms with E-state index in [1.54, 1.807) is 29.2 Å². The number of fused-ring (bicyclic) bond motifs is 2. The Labute approximate surface area is 254 Å². The molecule has 8 nitrogen and oxygen atoms in total. The minimum absolute atomic E-state index is 0.0554. The van der Waals surface area contributed by atoms with Crippen LogP contribution in [-0.2, 0) is 31.1 Å². The van der Waals surface area contributed by atoms with Gasteiger partial charge in [0.1, 0.15) is 11.8 Å². The van der Waals surface area contributed by atoms with Gasteiger partial charge in [0.25, 0.3) is 0 Å². The molecule has 4 heterocycles. The lowest BCUT2D eigenvalue weighted by Crippen LogP contribution is -2.43. The number of benzene rings is 2. The summed E-state index contributed by atoms with van der Waals surface area (Å²) in [6.45, 7) is 8.21. The summed E-state index contributed by atoms with van der Waals surface area (Å²) < 4.78 is 7.72. The maximum Gasteiger partial charge on any atom is 0.308 e. The first kappa shape index (κ1) is 28.4. The summed E-state index contributed by atoms with van der Waals surface area (Å²) >= 11 is 5.73. The predicted octanol–water partition coefficient (Wildman–Crippen LogP) is 4.62. The number of nitrogens with zero attached hydrogens (tertiary/aromatic N) is 3. The van der Waals surface area contributed by atoms with Crippen LogP contribution in [0.3, 0.4) is 0 Å². The van der Waals surface area contributed by atoms with E-state index < -0.39 is 17.1 Å². The highest BCUT2D eigenvalue weighted by molar-refractivity contribution is 9.10. The van der Waals surface area contributed by atoms with Crippen molar-refractivity contribution in [3.8, 4) is 0 Å². The van der Waals surface area contributed by atoms with Gasteiger partial charge < -0.3 is 9.64 Å². The second kappa shape index (κ2) is 10.8. The lowest BCUT2D eigenvalue weighted by Gasteiger charge is -2.31. The smallest absolute Gasteiger partial charge is 0.308 e. The fourth-order valence-corrected chi connectivity index (χ4v) is 8.74. The number of carbonyl (C=O) groups is 3. The Bertz CT molecular complexity index is 1570.